The van der Waals surface area contributed by atoms with Crippen molar-refractivity contribution in [2.24, 2.45) is 0 Å². The molecule has 1 saturated heterocycles. The quantitative estimate of drug-likeness (QED) is 0.770. The van der Waals surface area contributed by atoms with Gasteiger partial charge >= 0.3 is 0 Å². The number of rotatable bonds is 5. The number of hydrogen-bond donors (Lipinski definition) is 1. The minimum absolute atomic E-state index is 0.126. The number of H-pyrrole nitrogens is 1. The Hall–Kier alpha value is -2.67. The topological polar surface area (TPSA) is 84.2 Å². The minimum atomic E-state index is 0.126. The zero-order chi connectivity index (χ0) is 17.2. The smallest absolute Gasteiger partial charge is 0.252 e. The Morgan fingerprint density at radius 1 is 1.44 bits per heavy atom. The number of likely N-dealkylation sites (tertiary alicyclic amines) is 1. The number of nitrogens with one attached hydrogen (secondary N) is 1. The molecule has 3 heterocycles. The molecule has 130 valence electrons. The predicted octanol–water partition coefficient (Wildman–Crippen LogP) is 2.26. The fourth-order valence-corrected chi connectivity index (χ4v) is 3.37. The molecule has 0 bridgehead atoms. The molecule has 1 aliphatic rings. The summed E-state index contributed by atoms with van der Waals surface area (Å²) in [4.78, 5) is 22.1. The normalized spacial score (nSPS) is 17.5. The molecule has 25 heavy (non-hydrogen) atoms. The van der Waals surface area contributed by atoms with Crippen LogP contribution in [0.2, 0.25) is 0 Å². The molecule has 0 radical (unpaired) electrons. The van der Waals surface area contributed by atoms with E-state index in [-0.39, 0.29) is 11.8 Å². The van der Waals surface area contributed by atoms with Crippen LogP contribution in [0.15, 0.2) is 35.0 Å². The zero-order valence-corrected chi connectivity index (χ0v) is 14.1. The summed E-state index contributed by atoms with van der Waals surface area (Å²) in [6.45, 7) is 1.66. The van der Waals surface area contributed by atoms with Crippen LogP contribution in [0.3, 0.4) is 0 Å². The molecule has 1 fully saturated rings. The molecule has 2 aromatic heterocycles. The van der Waals surface area contributed by atoms with Gasteiger partial charge in [-0.3, -0.25) is 4.79 Å². The largest absolute Gasteiger partial charge is 0.375 e. The van der Waals surface area contributed by atoms with Gasteiger partial charge in [0.05, 0.1) is 6.42 Å². The van der Waals surface area contributed by atoms with Crippen molar-refractivity contribution >= 4 is 16.8 Å². The van der Waals surface area contributed by atoms with Crippen molar-refractivity contribution < 1.29 is 14.1 Å². The molecule has 4 rings (SSSR count). The summed E-state index contributed by atoms with van der Waals surface area (Å²) in [7, 11) is 1.59. The highest BCUT2D eigenvalue weighted by atomic mass is 16.5. The summed E-state index contributed by atoms with van der Waals surface area (Å²) >= 11 is 0. The van der Waals surface area contributed by atoms with Crippen LogP contribution in [0, 0.1) is 0 Å². The Morgan fingerprint density at radius 3 is 3.20 bits per heavy atom. The number of para-hydroxylation sites is 1. The van der Waals surface area contributed by atoms with Crippen molar-refractivity contribution in [3.8, 4) is 0 Å². The molecular weight excluding hydrogens is 320 g/mol. The summed E-state index contributed by atoms with van der Waals surface area (Å²) in [6.07, 6.45) is 3.18. The molecule has 0 aliphatic carbocycles. The first-order valence-electron chi connectivity index (χ1n) is 8.39. The highest BCUT2D eigenvalue weighted by Crippen LogP contribution is 2.26. The zero-order valence-electron chi connectivity index (χ0n) is 14.1. The van der Waals surface area contributed by atoms with Gasteiger partial charge in [-0.2, -0.15) is 4.98 Å². The predicted molar refractivity (Wildman–Crippen MR) is 91.0 cm³/mol. The fraction of sp³-hybridized carbons (Fsp3) is 0.389. The number of fused-ring (bicyclic) bond motifs is 1. The lowest BCUT2D eigenvalue weighted by atomic mass is 10.1. The molecule has 3 aromatic rings. The molecule has 1 amide bonds. The van der Waals surface area contributed by atoms with Gasteiger partial charge in [0.15, 0.2) is 5.82 Å². The number of carbonyl (C=O) groups is 1. The maximum atomic E-state index is 12.7. The average Bonchev–Trinajstić information content (AvgIpc) is 3.34. The lowest BCUT2D eigenvalue weighted by molar-refractivity contribution is -0.129. The second kappa shape index (κ2) is 6.68. The average molecular weight is 340 g/mol. The van der Waals surface area contributed by atoms with Gasteiger partial charge in [0.2, 0.25) is 5.91 Å². The van der Waals surface area contributed by atoms with E-state index >= 15 is 0 Å². The fourth-order valence-electron chi connectivity index (χ4n) is 3.37. The summed E-state index contributed by atoms with van der Waals surface area (Å²) < 4.78 is 10.1. The first-order valence-corrected chi connectivity index (χ1v) is 8.39. The van der Waals surface area contributed by atoms with Crippen LogP contribution in [0.25, 0.3) is 10.9 Å². The molecule has 1 aliphatic heterocycles. The van der Waals surface area contributed by atoms with Gasteiger partial charge in [-0.25, -0.2) is 0 Å². The third kappa shape index (κ3) is 3.15. The maximum absolute atomic E-state index is 12.7. The highest BCUT2D eigenvalue weighted by molar-refractivity contribution is 5.89. The van der Waals surface area contributed by atoms with E-state index in [1.807, 2.05) is 35.4 Å². The van der Waals surface area contributed by atoms with Crippen LogP contribution in [0.4, 0.5) is 0 Å². The highest BCUT2D eigenvalue weighted by Gasteiger charge is 2.30. The third-order valence-corrected chi connectivity index (χ3v) is 4.67. The number of carbonyl (C=O) groups excluding carboxylic acids is 1. The van der Waals surface area contributed by atoms with E-state index in [9.17, 15) is 4.79 Å². The molecule has 0 spiro atoms. The molecule has 7 heteroatoms. The van der Waals surface area contributed by atoms with Crippen molar-refractivity contribution in [3.05, 3.63) is 47.7 Å². The Labute approximate surface area is 145 Å². The second-order valence-electron chi connectivity index (χ2n) is 6.34. The van der Waals surface area contributed by atoms with Crippen molar-refractivity contribution in [1.82, 2.24) is 20.0 Å². The number of hydrogen-bond acceptors (Lipinski definition) is 5. The first kappa shape index (κ1) is 15.8. The molecule has 1 aromatic carbocycles. The third-order valence-electron chi connectivity index (χ3n) is 4.67. The van der Waals surface area contributed by atoms with Crippen LogP contribution >= 0.6 is 0 Å². The summed E-state index contributed by atoms with van der Waals surface area (Å²) in [5, 5.41) is 5.12. The monoisotopic (exact) mass is 340 g/mol. The number of benzene rings is 1. The van der Waals surface area contributed by atoms with E-state index in [2.05, 4.69) is 15.1 Å². The number of ether oxygens (including phenoxy) is 1. The van der Waals surface area contributed by atoms with Crippen molar-refractivity contribution in [2.45, 2.75) is 25.4 Å². The van der Waals surface area contributed by atoms with Crippen molar-refractivity contribution in [2.75, 3.05) is 20.2 Å². The van der Waals surface area contributed by atoms with E-state index in [1.54, 1.807) is 7.11 Å². The van der Waals surface area contributed by atoms with Crippen LogP contribution in [-0.2, 0) is 22.6 Å². The van der Waals surface area contributed by atoms with Crippen LogP contribution in [-0.4, -0.2) is 46.1 Å². The van der Waals surface area contributed by atoms with Crippen molar-refractivity contribution in [1.29, 1.82) is 0 Å². The van der Waals surface area contributed by atoms with Gasteiger partial charge in [-0.15, -0.1) is 0 Å². The van der Waals surface area contributed by atoms with Crippen molar-refractivity contribution in [3.63, 3.8) is 0 Å². The van der Waals surface area contributed by atoms with E-state index < -0.39 is 0 Å². The molecule has 7 nitrogen and oxygen atoms in total. The van der Waals surface area contributed by atoms with Gasteiger partial charge in [-0.05, 0) is 18.1 Å². The van der Waals surface area contributed by atoms with Crippen LogP contribution in [0.1, 0.15) is 29.6 Å². The second-order valence-corrected chi connectivity index (χ2v) is 6.34. The van der Waals surface area contributed by atoms with Crippen LogP contribution < -0.4 is 0 Å². The molecular formula is C18H20N4O3. The number of amides is 1. The standard InChI is InChI=1S/C18H20N4O3/c1-24-11-16-20-18(21-25-16)12-6-7-22(10-12)17(23)8-13-9-19-15-5-3-2-4-14(13)15/h2-5,9,12,19H,6-8,10-11H2,1H3. The van der Waals surface area contributed by atoms with Gasteiger partial charge in [0.25, 0.3) is 5.89 Å². The summed E-state index contributed by atoms with van der Waals surface area (Å²) in [6, 6.07) is 8.03. The van der Waals surface area contributed by atoms with Gasteiger partial charge < -0.3 is 19.1 Å². The Bertz CT molecular complexity index is 885. The Kier molecular flexibility index (Phi) is 4.23. The van der Waals surface area contributed by atoms with E-state index in [0.717, 1.165) is 29.4 Å². The lowest BCUT2D eigenvalue weighted by Gasteiger charge is -2.15. The minimum Gasteiger partial charge on any atom is -0.375 e. The molecule has 0 saturated carbocycles. The van der Waals surface area contributed by atoms with Gasteiger partial charge in [-0.1, -0.05) is 23.4 Å². The van der Waals surface area contributed by atoms with Gasteiger partial charge in [0.1, 0.15) is 6.61 Å². The first-order chi connectivity index (χ1) is 12.2. The maximum Gasteiger partial charge on any atom is 0.252 e. The van der Waals surface area contributed by atoms with E-state index in [0.29, 0.717) is 31.3 Å². The number of nitrogens with zero attached hydrogens (tertiary/aromatic N) is 3. The number of methoxy groups -OCH3 is 1. The Morgan fingerprint density at radius 2 is 2.32 bits per heavy atom. The summed E-state index contributed by atoms with van der Waals surface area (Å²) in [5.41, 5.74) is 2.09. The molecule has 1 N–H and O–H groups in total. The summed E-state index contributed by atoms with van der Waals surface area (Å²) in [5.74, 6) is 1.39. The number of aromatic amines is 1. The number of aromatic nitrogens is 3. The van der Waals surface area contributed by atoms with Crippen LogP contribution in [0.5, 0.6) is 0 Å². The van der Waals surface area contributed by atoms with E-state index in [1.165, 1.54) is 0 Å². The molecule has 1 unspecified atom stereocenters. The van der Waals surface area contributed by atoms with E-state index in [4.69, 9.17) is 9.26 Å². The Balaban J connectivity index is 1.41. The van der Waals surface area contributed by atoms with Gasteiger partial charge in [0, 0.05) is 43.2 Å². The molecule has 1 atom stereocenters. The SMILES string of the molecule is COCc1nc(C2CCN(C(=O)Cc3c[nH]c4ccccc34)C2)no1. The lowest BCUT2D eigenvalue weighted by Crippen LogP contribution is -2.29.